The highest BCUT2D eigenvalue weighted by Gasteiger charge is 2.65. The maximum Gasteiger partial charge on any atom is 0.233 e. The number of benzene rings is 1. The number of rotatable bonds is 4. The Labute approximate surface area is 132 Å². The number of fused-ring (bicyclic) bond motifs is 2. The molecule has 3 rings (SSSR count). The monoisotopic (exact) mass is 321 g/mol. The Morgan fingerprint density at radius 3 is 2.50 bits per heavy atom. The number of hydrogen-bond donors (Lipinski definition) is 1. The van der Waals surface area contributed by atoms with Gasteiger partial charge in [0, 0.05) is 6.42 Å². The molecule has 2 aliphatic carbocycles. The Morgan fingerprint density at radius 2 is 1.95 bits per heavy atom. The second kappa shape index (κ2) is 4.82. The van der Waals surface area contributed by atoms with E-state index >= 15 is 0 Å². The van der Waals surface area contributed by atoms with Crippen molar-refractivity contribution in [2.45, 2.75) is 40.0 Å². The van der Waals surface area contributed by atoms with Crippen LogP contribution in [0.2, 0.25) is 0 Å². The van der Waals surface area contributed by atoms with Crippen LogP contribution in [-0.4, -0.2) is 20.0 Å². The molecule has 0 aliphatic heterocycles. The minimum Gasteiger partial charge on any atom is -0.299 e. The van der Waals surface area contributed by atoms with Gasteiger partial charge in [-0.25, -0.2) is 8.42 Å². The maximum atomic E-state index is 12.7. The number of para-hydroxylation sites is 1. The molecule has 2 saturated carbocycles. The fraction of sp³-hybridized carbons (Fsp3) is 0.588. The molecule has 2 bridgehead atoms. The molecule has 2 fully saturated rings. The summed E-state index contributed by atoms with van der Waals surface area (Å²) in [5.74, 6) is 0.356. The summed E-state index contributed by atoms with van der Waals surface area (Å²) in [5.41, 5.74) is 0.526. The highest BCUT2D eigenvalue weighted by molar-refractivity contribution is 7.92. The normalized spacial score (nSPS) is 29.8. The first kappa shape index (κ1) is 15.5. The van der Waals surface area contributed by atoms with Gasteiger partial charge in [-0.3, -0.25) is 9.52 Å². The lowest BCUT2D eigenvalue weighted by Crippen LogP contribution is -2.43. The molecule has 5 heteroatoms. The molecule has 2 aliphatic rings. The standard InChI is InChI=1S/C17H23NO3S/c1-12-6-4-5-7-14(12)18-22(20,21)11-17-9-8-13(10-15(17)19)16(17,2)3/h4-7,13,18H,8-11H2,1-3H3. The predicted molar refractivity (Wildman–Crippen MR) is 87.2 cm³/mol. The first-order valence-electron chi connectivity index (χ1n) is 7.77. The van der Waals surface area contributed by atoms with E-state index in [9.17, 15) is 13.2 Å². The number of Topliss-reactive ketones (excluding diaryl/α,β-unsaturated/α-hetero) is 1. The van der Waals surface area contributed by atoms with Crippen LogP contribution < -0.4 is 4.72 Å². The van der Waals surface area contributed by atoms with Gasteiger partial charge in [-0.15, -0.1) is 0 Å². The lowest BCUT2D eigenvalue weighted by molar-refractivity contribution is -0.128. The highest BCUT2D eigenvalue weighted by Crippen LogP contribution is 2.64. The third-order valence-electron chi connectivity index (χ3n) is 5.99. The SMILES string of the molecule is Cc1ccccc1NS(=O)(=O)CC12CCC(CC1=O)C2(C)C. The highest BCUT2D eigenvalue weighted by atomic mass is 32.2. The minimum absolute atomic E-state index is 0.101. The predicted octanol–water partition coefficient (Wildman–Crippen LogP) is 3.13. The number of carbonyl (C=O) groups excluding carboxylic acids is 1. The second-order valence-electron chi connectivity index (χ2n) is 7.34. The molecule has 0 aromatic heterocycles. The van der Waals surface area contributed by atoms with Crippen LogP contribution in [0.15, 0.2) is 24.3 Å². The fourth-order valence-corrected chi connectivity index (χ4v) is 6.29. The van der Waals surface area contributed by atoms with Gasteiger partial charge in [-0.05, 0) is 42.7 Å². The molecule has 0 amide bonds. The van der Waals surface area contributed by atoms with E-state index in [4.69, 9.17) is 0 Å². The zero-order valence-corrected chi connectivity index (χ0v) is 14.2. The van der Waals surface area contributed by atoms with E-state index in [1.807, 2.05) is 19.1 Å². The molecule has 2 atom stereocenters. The van der Waals surface area contributed by atoms with Gasteiger partial charge in [0.1, 0.15) is 5.78 Å². The van der Waals surface area contributed by atoms with Crippen molar-refractivity contribution < 1.29 is 13.2 Å². The summed E-state index contributed by atoms with van der Waals surface area (Å²) < 4.78 is 28.0. The molecule has 0 heterocycles. The number of aryl methyl sites for hydroxylation is 1. The molecule has 0 radical (unpaired) electrons. The summed E-state index contributed by atoms with van der Waals surface area (Å²) in [6.07, 6.45) is 2.18. The van der Waals surface area contributed by atoms with Crippen molar-refractivity contribution >= 4 is 21.5 Å². The minimum atomic E-state index is -3.56. The van der Waals surface area contributed by atoms with Crippen LogP contribution in [0, 0.1) is 23.7 Å². The summed E-state index contributed by atoms with van der Waals surface area (Å²) >= 11 is 0. The van der Waals surface area contributed by atoms with Crippen LogP contribution in [0.5, 0.6) is 0 Å². The molecule has 2 unspecified atom stereocenters. The average molecular weight is 321 g/mol. The topological polar surface area (TPSA) is 63.2 Å². The van der Waals surface area contributed by atoms with Crippen molar-refractivity contribution in [1.29, 1.82) is 0 Å². The van der Waals surface area contributed by atoms with E-state index in [1.54, 1.807) is 12.1 Å². The van der Waals surface area contributed by atoms with Crippen molar-refractivity contribution in [2.75, 3.05) is 10.5 Å². The van der Waals surface area contributed by atoms with Crippen molar-refractivity contribution in [3.63, 3.8) is 0 Å². The van der Waals surface area contributed by atoms with Crippen molar-refractivity contribution in [1.82, 2.24) is 0 Å². The summed E-state index contributed by atoms with van der Waals surface area (Å²) in [4.78, 5) is 12.5. The van der Waals surface area contributed by atoms with Crippen LogP contribution in [0.25, 0.3) is 0 Å². The van der Waals surface area contributed by atoms with Gasteiger partial charge >= 0.3 is 0 Å². The molecule has 1 aromatic carbocycles. The third-order valence-corrected chi connectivity index (χ3v) is 7.39. The smallest absolute Gasteiger partial charge is 0.233 e. The Balaban J connectivity index is 1.89. The molecular weight excluding hydrogens is 298 g/mol. The van der Waals surface area contributed by atoms with E-state index in [0.717, 1.165) is 12.0 Å². The van der Waals surface area contributed by atoms with E-state index in [2.05, 4.69) is 18.6 Å². The first-order chi connectivity index (χ1) is 10.2. The number of nitrogens with one attached hydrogen (secondary N) is 1. The molecular formula is C17H23NO3S. The Hall–Kier alpha value is -1.36. The fourth-order valence-electron chi connectivity index (χ4n) is 4.32. The van der Waals surface area contributed by atoms with Crippen LogP contribution in [0.4, 0.5) is 5.69 Å². The van der Waals surface area contributed by atoms with Crippen LogP contribution >= 0.6 is 0 Å². The van der Waals surface area contributed by atoms with Crippen molar-refractivity contribution in [2.24, 2.45) is 16.7 Å². The van der Waals surface area contributed by atoms with Crippen molar-refractivity contribution in [3.05, 3.63) is 29.8 Å². The summed E-state index contributed by atoms with van der Waals surface area (Å²) in [5, 5.41) is 0. The lowest BCUT2D eigenvalue weighted by Gasteiger charge is -2.36. The zero-order chi connectivity index (χ0) is 16.2. The third kappa shape index (κ3) is 2.18. The Bertz CT molecular complexity index is 723. The molecule has 22 heavy (non-hydrogen) atoms. The van der Waals surface area contributed by atoms with Gasteiger partial charge in [0.25, 0.3) is 0 Å². The van der Waals surface area contributed by atoms with Gasteiger partial charge in [0.15, 0.2) is 0 Å². The average Bonchev–Trinajstić information content (AvgIpc) is 2.74. The summed E-state index contributed by atoms with van der Waals surface area (Å²) in [6, 6.07) is 7.30. The number of ketones is 1. The molecule has 1 aromatic rings. The van der Waals surface area contributed by atoms with Gasteiger partial charge < -0.3 is 0 Å². The second-order valence-corrected chi connectivity index (χ2v) is 9.07. The van der Waals surface area contributed by atoms with Gasteiger partial charge in [0.05, 0.1) is 16.9 Å². The molecule has 0 saturated heterocycles. The first-order valence-corrected chi connectivity index (χ1v) is 9.43. The van der Waals surface area contributed by atoms with Crippen LogP contribution in [0.1, 0.15) is 38.7 Å². The quantitative estimate of drug-likeness (QED) is 0.926. The van der Waals surface area contributed by atoms with Crippen LogP contribution in [-0.2, 0) is 14.8 Å². The lowest BCUT2D eigenvalue weighted by atomic mass is 9.70. The molecule has 4 nitrogen and oxygen atoms in total. The van der Waals surface area contributed by atoms with Gasteiger partial charge in [-0.2, -0.15) is 0 Å². The number of anilines is 1. The Morgan fingerprint density at radius 1 is 1.27 bits per heavy atom. The van der Waals surface area contributed by atoms with E-state index in [1.165, 1.54) is 0 Å². The van der Waals surface area contributed by atoms with E-state index in [-0.39, 0.29) is 17.0 Å². The molecule has 120 valence electrons. The maximum absolute atomic E-state index is 12.7. The van der Waals surface area contributed by atoms with Crippen LogP contribution in [0.3, 0.4) is 0 Å². The summed E-state index contributed by atoms with van der Waals surface area (Å²) in [7, 11) is -3.56. The number of hydrogen-bond acceptors (Lipinski definition) is 3. The Kier molecular flexibility index (Phi) is 3.40. The van der Waals surface area contributed by atoms with Gasteiger partial charge in [0.2, 0.25) is 10.0 Å². The van der Waals surface area contributed by atoms with Crippen molar-refractivity contribution in [3.8, 4) is 0 Å². The summed E-state index contributed by atoms with van der Waals surface area (Å²) in [6.45, 7) is 5.98. The number of sulfonamides is 1. The molecule has 0 spiro atoms. The molecule has 1 N–H and O–H groups in total. The van der Waals surface area contributed by atoms with Gasteiger partial charge in [-0.1, -0.05) is 32.0 Å². The number of carbonyl (C=O) groups is 1. The largest absolute Gasteiger partial charge is 0.299 e. The van der Waals surface area contributed by atoms with E-state index < -0.39 is 15.4 Å². The van der Waals surface area contributed by atoms with E-state index in [0.29, 0.717) is 24.4 Å². The zero-order valence-electron chi connectivity index (χ0n) is 13.3.